The Bertz CT molecular complexity index is 269. The zero-order valence-electron chi connectivity index (χ0n) is 10.7. The van der Waals surface area contributed by atoms with Crippen LogP contribution < -0.4 is 0 Å². The Morgan fingerprint density at radius 2 is 2.19 bits per heavy atom. The lowest BCUT2D eigenvalue weighted by atomic mass is 9.66. The van der Waals surface area contributed by atoms with Gasteiger partial charge in [-0.25, -0.2) is 0 Å². The van der Waals surface area contributed by atoms with Crippen LogP contribution in [0, 0.1) is 5.41 Å². The number of nitrogens with zero attached hydrogens (tertiary/aromatic N) is 1. The summed E-state index contributed by atoms with van der Waals surface area (Å²) < 4.78 is 5.80. The topological polar surface area (TPSA) is 29.5 Å². The smallest absolute Gasteiger partial charge is 0.143 e. The Balaban J connectivity index is 1.76. The summed E-state index contributed by atoms with van der Waals surface area (Å²) in [5, 5.41) is 0. The van der Waals surface area contributed by atoms with Crippen molar-refractivity contribution in [3.05, 3.63) is 0 Å². The summed E-state index contributed by atoms with van der Waals surface area (Å²) in [5.74, 6) is 0.284. The fourth-order valence-electron chi connectivity index (χ4n) is 3.20. The Kier molecular flexibility index (Phi) is 3.36. The van der Waals surface area contributed by atoms with E-state index in [0.717, 1.165) is 13.1 Å². The van der Waals surface area contributed by atoms with Gasteiger partial charge < -0.3 is 4.74 Å². The fourth-order valence-corrected chi connectivity index (χ4v) is 3.20. The zero-order valence-corrected chi connectivity index (χ0v) is 10.7. The molecule has 0 atom stereocenters. The third-order valence-corrected chi connectivity index (χ3v) is 3.75. The lowest BCUT2D eigenvalue weighted by molar-refractivity contribution is -0.118. The van der Waals surface area contributed by atoms with Gasteiger partial charge >= 0.3 is 0 Å². The predicted molar refractivity (Wildman–Crippen MR) is 63.4 cm³/mol. The van der Waals surface area contributed by atoms with E-state index in [9.17, 15) is 4.79 Å². The highest BCUT2D eigenvalue weighted by molar-refractivity contribution is 5.77. The molecule has 2 aliphatic rings. The van der Waals surface area contributed by atoms with E-state index in [4.69, 9.17) is 4.74 Å². The van der Waals surface area contributed by atoms with Crippen LogP contribution in [0.2, 0.25) is 0 Å². The quantitative estimate of drug-likeness (QED) is 0.731. The van der Waals surface area contributed by atoms with E-state index in [0.29, 0.717) is 24.2 Å². The van der Waals surface area contributed by atoms with Crippen molar-refractivity contribution in [1.82, 2.24) is 4.90 Å². The first-order chi connectivity index (χ1) is 7.49. The van der Waals surface area contributed by atoms with Gasteiger partial charge in [0.15, 0.2) is 0 Å². The van der Waals surface area contributed by atoms with Crippen LogP contribution in [0.4, 0.5) is 0 Å². The summed E-state index contributed by atoms with van der Waals surface area (Å²) in [7, 11) is 0. The van der Waals surface area contributed by atoms with Gasteiger partial charge in [-0.15, -0.1) is 0 Å². The molecule has 3 heteroatoms. The second-order valence-corrected chi connectivity index (χ2v) is 5.88. The van der Waals surface area contributed by atoms with Crippen LogP contribution in [0.15, 0.2) is 0 Å². The average molecular weight is 225 g/mol. The minimum Gasteiger partial charge on any atom is -0.376 e. The van der Waals surface area contributed by atoms with Gasteiger partial charge in [0.05, 0.1) is 18.8 Å². The summed E-state index contributed by atoms with van der Waals surface area (Å²) in [6.07, 6.45) is 4.45. The normalized spacial score (nSPS) is 34.6. The van der Waals surface area contributed by atoms with Crippen molar-refractivity contribution in [1.29, 1.82) is 0 Å². The second-order valence-electron chi connectivity index (χ2n) is 5.88. The van der Waals surface area contributed by atoms with E-state index >= 15 is 0 Å². The summed E-state index contributed by atoms with van der Waals surface area (Å²) in [5.41, 5.74) is 0.481. The van der Waals surface area contributed by atoms with Gasteiger partial charge in [-0.1, -0.05) is 0 Å². The Morgan fingerprint density at radius 1 is 1.50 bits per heavy atom. The number of ketones is 1. The first kappa shape index (κ1) is 12.1. The molecule has 0 N–H and O–H groups in total. The van der Waals surface area contributed by atoms with Crippen LogP contribution in [0.25, 0.3) is 0 Å². The van der Waals surface area contributed by atoms with E-state index in [-0.39, 0.29) is 5.78 Å². The highest BCUT2D eigenvalue weighted by Gasteiger charge is 2.49. The van der Waals surface area contributed by atoms with Crippen molar-refractivity contribution in [2.45, 2.75) is 52.2 Å². The maximum absolute atomic E-state index is 11.1. The van der Waals surface area contributed by atoms with Gasteiger partial charge in [0, 0.05) is 6.54 Å². The first-order valence-electron chi connectivity index (χ1n) is 6.36. The van der Waals surface area contributed by atoms with Crippen LogP contribution in [0.3, 0.4) is 0 Å². The Morgan fingerprint density at radius 3 is 2.75 bits per heavy atom. The van der Waals surface area contributed by atoms with Gasteiger partial charge in [0.1, 0.15) is 5.78 Å². The summed E-state index contributed by atoms with van der Waals surface area (Å²) in [6, 6.07) is 0. The van der Waals surface area contributed by atoms with Crippen LogP contribution in [0.1, 0.15) is 40.0 Å². The van der Waals surface area contributed by atoms with Crippen LogP contribution >= 0.6 is 0 Å². The van der Waals surface area contributed by atoms with Crippen LogP contribution in [-0.4, -0.2) is 42.5 Å². The Hall–Kier alpha value is -0.410. The van der Waals surface area contributed by atoms with Crippen molar-refractivity contribution >= 4 is 5.78 Å². The third-order valence-electron chi connectivity index (χ3n) is 3.75. The molecule has 92 valence electrons. The zero-order chi connectivity index (χ0) is 11.8. The molecule has 1 saturated heterocycles. The number of ether oxygens (including phenoxy) is 1. The van der Waals surface area contributed by atoms with Crippen molar-refractivity contribution in [3.8, 4) is 0 Å². The molecule has 0 unspecified atom stereocenters. The monoisotopic (exact) mass is 225 g/mol. The van der Waals surface area contributed by atoms with Gasteiger partial charge in [0.2, 0.25) is 0 Å². The molecular formula is C13H23NO2. The number of hydrogen-bond acceptors (Lipinski definition) is 3. The minimum atomic E-state index is 0.284. The van der Waals surface area contributed by atoms with E-state index in [1.54, 1.807) is 6.92 Å². The molecule has 0 radical (unpaired) electrons. The molecule has 1 spiro atoms. The van der Waals surface area contributed by atoms with E-state index in [1.807, 2.05) is 0 Å². The van der Waals surface area contributed by atoms with Crippen LogP contribution in [0.5, 0.6) is 0 Å². The summed E-state index contributed by atoms with van der Waals surface area (Å²) in [4.78, 5) is 13.4. The number of likely N-dealkylation sites (tertiary alicyclic amines) is 1. The molecule has 1 saturated carbocycles. The molecule has 0 aromatic carbocycles. The number of rotatable bonds is 4. The van der Waals surface area contributed by atoms with Gasteiger partial charge in [0.25, 0.3) is 0 Å². The van der Waals surface area contributed by atoms with Gasteiger partial charge in [-0.3, -0.25) is 9.69 Å². The number of Topliss-reactive ketones (excluding diaryl/α,β-unsaturated/α-hetero) is 1. The molecule has 16 heavy (non-hydrogen) atoms. The molecule has 3 nitrogen and oxygen atoms in total. The van der Waals surface area contributed by atoms with E-state index < -0.39 is 0 Å². The molecule has 1 aliphatic carbocycles. The highest BCUT2D eigenvalue weighted by atomic mass is 16.5. The van der Waals surface area contributed by atoms with E-state index in [1.165, 1.54) is 19.3 Å². The standard InChI is InChI=1S/C13H23NO2/c1-10(2)16-12-6-13(7-12)4-5-14(9-13)8-11(3)15/h10,12H,4-9H2,1-3H3. The molecule has 1 aliphatic heterocycles. The largest absolute Gasteiger partial charge is 0.376 e. The van der Waals surface area contributed by atoms with Crippen molar-refractivity contribution in [2.24, 2.45) is 5.41 Å². The maximum atomic E-state index is 11.1. The number of carbonyl (C=O) groups excluding carboxylic acids is 1. The second kappa shape index (κ2) is 4.46. The average Bonchev–Trinajstić information content (AvgIpc) is 2.45. The van der Waals surface area contributed by atoms with Crippen molar-refractivity contribution < 1.29 is 9.53 Å². The summed E-state index contributed by atoms with van der Waals surface area (Å²) in [6.45, 7) is 8.70. The number of carbonyl (C=O) groups is 1. The van der Waals surface area contributed by atoms with Gasteiger partial charge in [-0.2, -0.15) is 0 Å². The number of hydrogen-bond donors (Lipinski definition) is 0. The molecule has 0 aromatic rings. The Labute approximate surface area is 98.1 Å². The fraction of sp³-hybridized carbons (Fsp3) is 0.923. The maximum Gasteiger partial charge on any atom is 0.143 e. The SMILES string of the molecule is CC(=O)CN1CCC2(CC(OC(C)C)C2)C1. The third kappa shape index (κ3) is 2.64. The minimum absolute atomic E-state index is 0.284. The molecule has 2 fully saturated rings. The molecule has 0 amide bonds. The predicted octanol–water partition coefficient (Wildman–Crippen LogP) is 1.85. The lowest BCUT2D eigenvalue weighted by Crippen LogP contribution is -2.45. The molecule has 2 rings (SSSR count). The first-order valence-corrected chi connectivity index (χ1v) is 6.36. The molecule has 0 aromatic heterocycles. The van der Waals surface area contributed by atoms with Crippen molar-refractivity contribution in [2.75, 3.05) is 19.6 Å². The van der Waals surface area contributed by atoms with Crippen LogP contribution in [-0.2, 0) is 9.53 Å². The highest BCUT2D eigenvalue weighted by Crippen LogP contribution is 2.49. The lowest BCUT2D eigenvalue weighted by Gasteiger charge is -2.45. The molecular weight excluding hydrogens is 202 g/mol. The molecule has 0 bridgehead atoms. The van der Waals surface area contributed by atoms with Crippen molar-refractivity contribution in [3.63, 3.8) is 0 Å². The van der Waals surface area contributed by atoms with E-state index in [2.05, 4.69) is 18.7 Å². The summed E-state index contributed by atoms with van der Waals surface area (Å²) >= 11 is 0. The molecule has 1 heterocycles. The van der Waals surface area contributed by atoms with Gasteiger partial charge in [-0.05, 0) is 52.0 Å².